The van der Waals surface area contributed by atoms with Crippen LogP contribution < -0.4 is 10.6 Å². The third-order valence-corrected chi connectivity index (χ3v) is 4.87. The highest BCUT2D eigenvalue weighted by atomic mass is 35.5. The molecule has 148 valence electrons. The number of H-pyrrole nitrogens is 1. The molecule has 0 bridgehead atoms. The van der Waals surface area contributed by atoms with Crippen LogP contribution >= 0.6 is 11.6 Å². The molecule has 3 aromatic rings. The van der Waals surface area contributed by atoms with Gasteiger partial charge in [-0.05, 0) is 25.1 Å². The normalized spacial score (nSPS) is 14.7. The van der Waals surface area contributed by atoms with Crippen molar-refractivity contribution in [3.05, 3.63) is 51.7 Å². The highest BCUT2D eigenvalue weighted by molar-refractivity contribution is 6.41. The van der Waals surface area contributed by atoms with Gasteiger partial charge in [0.25, 0.3) is 5.91 Å². The van der Waals surface area contributed by atoms with Crippen LogP contribution in [0.1, 0.15) is 33.0 Å². The van der Waals surface area contributed by atoms with Crippen LogP contribution in [0.2, 0.25) is 5.15 Å². The number of aryl methyl sites for hydroxylation is 2. The van der Waals surface area contributed by atoms with E-state index in [0.29, 0.717) is 17.0 Å². The van der Waals surface area contributed by atoms with E-state index in [1.807, 2.05) is 20.0 Å². The number of anilines is 2. The molecule has 4 N–H and O–H groups in total. The quantitative estimate of drug-likeness (QED) is 0.437. The summed E-state index contributed by atoms with van der Waals surface area (Å²) in [5.41, 5.74) is 8.43. The van der Waals surface area contributed by atoms with Crippen molar-refractivity contribution in [2.45, 2.75) is 13.5 Å². The monoisotopic (exact) mass is 413 g/mol. The first-order chi connectivity index (χ1) is 13.7. The van der Waals surface area contributed by atoms with Crippen molar-refractivity contribution >= 4 is 46.9 Å². The van der Waals surface area contributed by atoms with E-state index in [-0.39, 0.29) is 40.5 Å². The number of nitrogen functional groups attached to an aromatic ring is 1. The third kappa shape index (κ3) is 3.23. The maximum atomic E-state index is 13.2. The van der Waals surface area contributed by atoms with E-state index in [9.17, 15) is 9.59 Å². The molecule has 3 aromatic heterocycles. The summed E-state index contributed by atoms with van der Waals surface area (Å²) in [4.78, 5) is 36.7. The smallest absolute Gasteiger partial charge is 0.337 e. The zero-order valence-corrected chi connectivity index (χ0v) is 16.2. The van der Waals surface area contributed by atoms with Crippen molar-refractivity contribution in [1.82, 2.24) is 24.7 Å². The Morgan fingerprint density at radius 3 is 2.76 bits per heavy atom. The molecule has 11 heteroatoms. The largest absolute Gasteiger partial charge is 0.478 e. The summed E-state index contributed by atoms with van der Waals surface area (Å²) in [6.45, 7) is 2.08. The Morgan fingerprint density at radius 1 is 1.38 bits per heavy atom. The number of carboxylic acid groups (broad SMARTS) is 1. The lowest BCUT2D eigenvalue weighted by Gasteiger charge is -2.14. The summed E-state index contributed by atoms with van der Waals surface area (Å²) < 4.78 is 1.71. The summed E-state index contributed by atoms with van der Waals surface area (Å²) in [5, 5.41) is 13.5. The molecule has 0 spiro atoms. The second-order valence-corrected chi connectivity index (χ2v) is 6.93. The molecule has 0 saturated carbocycles. The van der Waals surface area contributed by atoms with Crippen molar-refractivity contribution < 1.29 is 14.7 Å². The Bertz CT molecular complexity index is 1170. The van der Waals surface area contributed by atoms with Gasteiger partial charge in [0.05, 0.1) is 28.9 Å². The van der Waals surface area contributed by atoms with Crippen molar-refractivity contribution in [2.75, 3.05) is 10.6 Å². The molecule has 1 aliphatic heterocycles. The highest BCUT2D eigenvalue weighted by Gasteiger charge is 2.37. The van der Waals surface area contributed by atoms with Crippen molar-refractivity contribution in [1.29, 1.82) is 0 Å². The van der Waals surface area contributed by atoms with E-state index in [1.54, 1.807) is 4.68 Å². The molecule has 0 atom stereocenters. The third-order valence-electron chi connectivity index (χ3n) is 4.60. The number of nitrogens with zero attached hydrogens (tertiary/aromatic N) is 5. The van der Waals surface area contributed by atoms with Crippen LogP contribution in [-0.2, 0) is 18.4 Å². The van der Waals surface area contributed by atoms with Crippen LogP contribution in [0, 0.1) is 6.92 Å². The zero-order valence-electron chi connectivity index (χ0n) is 15.5. The first-order valence-corrected chi connectivity index (χ1v) is 8.90. The van der Waals surface area contributed by atoms with Gasteiger partial charge >= 0.3 is 5.97 Å². The van der Waals surface area contributed by atoms with Gasteiger partial charge in [0.15, 0.2) is 5.82 Å². The Morgan fingerprint density at radius 2 is 2.14 bits per heavy atom. The predicted molar refractivity (Wildman–Crippen MR) is 106 cm³/mol. The average molecular weight is 414 g/mol. The fourth-order valence-electron chi connectivity index (χ4n) is 3.14. The number of amides is 1. The Labute approximate surface area is 169 Å². The van der Waals surface area contributed by atoms with E-state index in [2.05, 4.69) is 20.1 Å². The van der Waals surface area contributed by atoms with Gasteiger partial charge in [0.2, 0.25) is 5.95 Å². The summed E-state index contributed by atoms with van der Waals surface area (Å²) in [6, 6.07) is 3.28. The maximum absolute atomic E-state index is 13.2. The second-order valence-electron chi connectivity index (χ2n) is 6.57. The fourth-order valence-corrected chi connectivity index (χ4v) is 3.42. The molecule has 29 heavy (non-hydrogen) atoms. The number of hydrogen-bond acceptors (Lipinski definition) is 6. The number of aromatic amines is 1. The summed E-state index contributed by atoms with van der Waals surface area (Å²) in [6.07, 6.45) is 2.85. The van der Waals surface area contributed by atoms with Crippen LogP contribution in [0.25, 0.3) is 11.6 Å². The molecule has 1 amide bonds. The maximum Gasteiger partial charge on any atom is 0.337 e. The molecule has 1 aliphatic rings. The highest BCUT2D eigenvalue weighted by Crippen LogP contribution is 2.41. The van der Waals surface area contributed by atoms with E-state index in [0.717, 1.165) is 5.69 Å². The standard InChI is InChI=1S/C18H16ClN7O3/c1-8-3-11(24-25(8)2)7-26-15-13(14(19)22-18(20)23-15)12(16(26)27)5-10-4-9(6-21-10)17(28)29/h3-6,21H,7H2,1-2H3,(H,28,29)(H2,20,22,23)/b12-5-. The zero-order chi connectivity index (χ0) is 20.9. The lowest BCUT2D eigenvalue weighted by molar-refractivity contribution is -0.113. The van der Waals surface area contributed by atoms with E-state index in [1.165, 1.54) is 23.2 Å². The number of nitrogens with two attached hydrogens (primary N) is 1. The number of carbonyl (C=O) groups is 2. The molecule has 4 rings (SSSR count). The number of nitrogens with one attached hydrogen (secondary N) is 1. The Hall–Kier alpha value is -3.66. The second kappa shape index (κ2) is 6.74. The summed E-state index contributed by atoms with van der Waals surface area (Å²) >= 11 is 6.28. The Balaban J connectivity index is 1.80. The van der Waals surface area contributed by atoms with Gasteiger partial charge < -0.3 is 15.8 Å². The van der Waals surface area contributed by atoms with Crippen LogP contribution in [0.4, 0.5) is 11.8 Å². The average Bonchev–Trinajstić information content (AvgIpc) is 3.30. The number of fused-ring (bicyclic) bond motifs is 1. The molecule has 0 unspecified atom stereocenters. The van der Waals surface area contributed by atoms with E-state index < -0.39 is 5.97 Å². The van der Waals surface area contributed by atoms with Gasteiger partial charge in [-0.25, -0.2) is 9.78 Å². The van der Waals surface area contributed by atoms with Crippen LogP contribution in [0.5, 0.6) is 0 Å². The number of rotatable bonds is 4. The first-order valence-electron chi connectivity index (χ1n) is 8.52. The number of aromatic nitrogens is 5. The molecule has 0 radical (unpaired) electrons. The topological polar surface area (TPSA) is 143 Å². The molecule has 0 aliphatic carbocycles. The molecular weight excluding hydrogens is 398 g/mol. The van der Waals surface area contributed by atoms with Gasteiger partial charge in [-0.2, -0.15) is 10.1 Å². The Kier molecular flexibility index (Phi) is 4.35. The van der Waals surface area contributed by atoms with Gasteiger partial charge in [-0.1, -0.05) is 11.6 Å². The molecule has 0 aromatic carbocycles. The van der Waals surface area contributed by atoms with Gasteiger partial charge in [-0.3, -0.25) is 14.4 Å². The van der Waals surface area contributed by atoms with Gasteiger partial charge in [-0.15, -0.1) is 0 Å². The lowest BCUT2D eigenvalue weighted by atomic mass is 10.1. The number of aromatic carboxylic acids is 1. The predicted octanol–water partition coefficient (Wildman–Crippen LogP) is 1.87. The van der Waals surface area contributed by atoms with E-state index in [4.69, 9.17) is 22.4 Å². The summed E-state index contributed by atoms with van der Waals surface area (Å²) in [7, 11) is 1.81. The van der Waals surface area contributed by atoms with Crippen LogP contribution in [0.3, 0.4) is 0 Å². The molecular formula is C18H16ClN7O3. The van der Waals surface area contributed by atoms with E-state index >= 15 is 0 Å². The lowest BCUT2D eigenvalue weighted by Crippen LogP contribution is -2.26. The number of carboxylic acids is 1. The molecule has 0 fully saturated rings. The van der Waals surface area contributed by atoms with Crippen LogP contribution in [-0.4, -0.2) is 41.7 Å². The van der Waals surface area contributed by atoms with Crippen LogP contribution in [0.15, 0.2) is 18.3 Å². The molecule has 10 nitrogen and oxygen atoms in total. The SMILES string of the molecule is Cc1cc(CN2C(=O)/C(=C\c3cc(C(=O)O)c[nH]3)c3c(Cl)nc(N)nc32)nn1C. The fraction of sp³-hybridized carbons (Fsp3) is 0.167. The van der Waals surface area contributed by atoms with Crippen molar-refractivity contribution in [2.24, 2.45) is 7.05 Å². The van der Waals surface area contributed by atoms with Crippen molar-refractivity contribution in [3.8, 4) is 0 Å². The van der Waals surface area contributed by atoms with Gasteiger partial charge in [0.1, 0.15) is 5.15 Å². The molecule has 4 heterocycles. The minimum absolute atomic E-state index is 0.0387. The minimum Gasteiger partial charge on any atom is -0.478 e. The number of carbonyl (C=O) groups excluding carboxylic acids is 1. The number of halogens is 1. The number of hydrogen-bond donors (Lipinski definition) is 3. The van der Waals surface area contributed by atoms with Crippen molar-refractivity contribution in [3.63, 3.8) is 0 Å². The minimum atomic E-state index is -1.08. The van der Waals surface area contributed by atoms with Gasteiger partial charge in [0, 0.05) is 24.6 Å². The first kappa shape index (κ1) is 18.7. The molecule has 0 saturated heterocycles. The summed E-state index contributed by atoms with van der Waals surface area (Å²) in [5.74, 6) is -1.22.